The zero-order valence-corrected chi connectivity index (χ0v) is 11.6. The predicted molar refractivity (Wildman–Crippen MR) is 80.7 cm³/mol. The first-order valence-electron chi connectivity index (χ1n) is 6.73. The Kier molecular flexibility index (Phi) is 4.88. The van der Waals surface area contributed by atoms with Crippen molar-refractivity contribution in [2.75, 3.05) is 18.5 Å². The highest BCUT2D eigenvalue weighted by atomic mass is 15.3. The third-order valence-electron chi connectivity index (χ3n) is 3.32. The second-order valence-corrected chi connectivity index (χ2v) is 4.61. The summed E-state index contributed by atoms with van der Waals surface area (Å²) in [5.74, 6) is 6.27. The SMILES string of the molecule is CCN(CCC#N)Cc1cc2ccccc2nc1NN. The number of hydrogen-bond acceptors (Lipinski definition) is 5. The molecule has 20 heavy (non-hydrogen) atoms. The number of pyridine rings is 1. The van der Waals surface area contributed by atoms with Crippen LogP contribution in [0.5, 0.6) is 0 Å². The van der Waals surface area contributed by atoms with Crippen molar-refractivity contribution in [3.05, 3.63) is 35.9 Å². The number of hydrazine groups is 1. The third-order valence-corrected chi connectivity index (χ3v) is 3.32. The molecule has 2 rings (SSSR count). The molecule has 0 aliphatic heterocycles. The molecule has 0 bridgehead atoms. The van der Waals surface area contributed by atoms with Crippen molar-refractivity contribution in [3.63, 3.8) is 0 Å². The summed E-state index contributed by atoms with van der Waals surface area (Å²) in [7, 11) is 0. The Hall–Kier alpha value is -2.16. The lowest BCUT2D eigenvalue weighted by molar-refractivity contribution is 0.287. The van der Waals surface area contributed by atoms with Gasteiger partial charge in [0.1, 0.15) is 5.82 Å². The van der Waals surface area contributed by atoms with Crippen LogP contribution >= 0.6 is 0 Å². The molecule has 3 N–H and O–H groups in total. The quantitative estimate of drug-likeness (QED) is 0.621. The molecule has 2 aromatic rings. The maximum absolute atomic E-state index is 8.70. The number of fused-ring (bicyclic) bond motifs is 1. The van der Waals surface area contributed by atoms with Gasteiger partial charge in [0.05, 0.1) is 11.6 Å². The van der Waals surface area contributed by atoms with E-state index in [9.17, 15) is 0 Å². The molecular weight excluding hydrogens is 250 g/mol. The van der Waals surface area contributed by atoms with Crippen LogP contribution in [0, 0.1) is 11.3 Å². The summed E-state index contributed by atoms with van der Waals surface area (Å²) in [6, 6.07) is 12.2. The van der Waals surface area contributed by atoms with Gasteiger partial charge in [0.2, 0.25) is 0 Å². The molecule has 1 aromatic heterocycles. The summed E-state index contributed by atoms with van der Waals surface area (Å²) in [6.45, 7) is 4.46. The minimum Gasteiger partial charge on any atom is -0.308 e. The molecule has 5 nitrogen and oxygen atoms in total. The molecule has 0 aliphatic carbocycles. The van der Waals surface area contributed by atoms with Gasteiger partial charge in [-0.05, 0) is 18.7 Å². The molecular formula is C15H19N5. The first-order chi connectivity index (χ1) is 9.78. The molecule has 1 heterocycles. The van der Waals surface area contributed by atoms with E-state index in [-0.39, 0.29) is 0 Å². The van der Waals surface area contributed by atoms with E-state index in [1.54, 1.807) is 0 Å². The summed E-state index contributed by atoms with van der Waals surface area (Å²) < 4.78 is 0. The van der Waals surface area contributed by atoms with Crippen molar-refractivity contribution in [2.24, 2.45) is 5.84 Å². The van der Waals surface area contributed by atoms with Crippen LogP contribution in [-0.4, -0.2) is 23.0 Å². The molecule has 0 spiro atoms. The minimum absolute atomic E-state index is 0.528. The molecule has 0 saturated carbocycles. The van der Waals surface area contributed by atoms with Crippen LogP contribution in [0.15, 0.2) is 30.3 Å². The smallest absolute Gasteiger partial charge is 0.145 e. The van der Waals surface area contributed by atoms with Gasteiger partial charge in [-0.3, -0.25) is 4.90 Å². The van der Waals surface area contributed by atoms with Crippen molar-refractivity contribution in [1.29, 1.82) is 5.26 Å². The van der Waals surface area contributed by atoms with E-state index < -0.39 is 0 Å². The number of benzene rings is 1. The van der Waals surface area contributed by atoms with E-state index in [0.29, 0.717) is 12.2 Å². The Labute approximate surface area is 119 Å². The highest BCUT2D eigenvalue weighted by Gasteiger charge is 2.10. The zero-order valence-electron chi connectivity index (χ0n) is 11.6. The lowest BCUT2D eigenvalue weighted by Crippen LogP contribution is -2.25. The Morgan fingerprint density at radius 1 is 1.40 bits per heavy atom. The Bertz CT molecular complexity index is 617. The summed E-state index contributed by atoms with van der Waals surface area (Å²) in [4.78, 5) is 6.74. The Morgan fingerprint density at radius 3 is 2.90 bits per heavy atom. The van der Waals surface area contributed by atoms with Crippen molar-refractivity contribution in [1.82, 2.24) is 9.88 Å². The molecule has 0 amide bonds. The summed E-state index contributed by atoms with van der Waals surface area (Å²) in [5.41, 5.74) is 4.64. The molecule has 0 radical (unpaired) electrons. The number of nitrogens with one attached hydrogen (secondary N) is 1. The van der Waals surface area contributed by atoms with Crippen LogP contribution in [0.25, 0.3) is 10.9 Å². The Morgan fingerprint density at radius 2 is 2.20 bits per heavy atom. The molecule has 0 unspecified atom stereocenters. The fourth-order valence-corrected chi connectivity index (χ4v) is 2.20. The van der Waals surface area contributed by atoms with E-state index in [4.69, 9.17) is 11.1 Å². The highest BCUT2D eigenvalue weighted by Crippen LogP contribution is 2.21. The molecule has 0 aliphatic rings. The van der Waals surface area contributed by atoms with Crippen molar-refractivity contribution < 1.29 is 0 Å². The van der Waals surface area contributed by atoms with Crippen molar-refractivity contribution >= 4 is 16.7 Å². The number of nitrogen functional groups attached to an aromatic ring is 1. The second-order valence-electron chi connectivity index (χ2n) is 4.61. The predicted octanol–water partition coefficient (Wildman–Crippen LogP) is 2.26. The summed E-state index contributed by atoms with van der Waals surface area (Å²) in [6.07, 6.45) is 0.528. The number of anilines is 1. The van der Waals surface area contributed by atoms with Gasteiger partial charge in [0, 0.05) is 30.5 Å². The van der Waals surface area contributed by atoms with Crippen LogP contribution in [0.3, 0.4) is 0 Å². The van der Waals surface area contributed by atoms with Crippen LogP contribution in [-0.2, 0) is 6.54 Å². The largest absolute Gasteiger partial charge is 0.308 e. The topological polar surface area (TPSA) is 78.0 Å². The standard InChI is InChI=1S/C15H19N5/c1-2-20(9-5-8-16)11-13-10-12-6-3-4-7-14(12)18-15(13)19-17/h3-4,6-7,10H,2,5,9,11,17H2,1H3,(H,18,19). The number of rotatable bonds is 6. The van der Waals surface area contributed by atoms with E-state index in [1.165, 1.54) is 0 Å². The molecule has 104 valence electrons. The number of aromatic nitrogens is 1. The third kappa shape index (κ3) is 3.23. The van der Waals surface area contributed by atoms with E-state index in [2.05, 4.69) is 34.4 Å². The van der Waals surface area contributed by atoms with E-state index in [0.717, 1.165) is 36.1 Å². The van der Waals surface area contributed by atoms with Gasteiger partial charge in [-0.15, -0.1) is 0 Å². The second kappa shape index (κ2) is 6.85. The number of nitrogens with zero attached hydrogens (tertiary/aromatic N) is 3. The number of para-hydroxylation sites is 1. The molecule has 0 saturated heterocycles. The van der Waals surface area contributed by atoms with E-state index in [1.807, 2.05) is 24.3 Å². The average Bonchev–Trinajstić information content (AvgIpc) is 2.50. The first kappa shape index (κ1) is 14.3. The summed E-state index contributed by atoms with van der Waals surface area (Å²) >= 11 is 0. The first-order valence-corrected chi connectivity index (χ1v) is 6.73. The normalized spacial score (nSPS) is 10.7. The van der Waals surface area contributed by atoms with Crippen LogP contribution in [0.2, 0.25) is 0 Å². The lowest BCUT2D eigenvalue weighted by atomic mass is 10.1. The van der Waals surface area contributed by atoms with E-state index >= 15 is 0 Å². The monoisotopic (exact) mass is 269 g/mol. The maximum Gasteiger partial charge on any atom is 0.145 e. The van der Waals surface area contributed by atoms with Gasteiger partial charge in [0.15, 0.2) is 0 Å². The minimum atomic E-state index is 0.528. The fourth-order valence-electron chi connectivity index (χ4n) is 2.20. The van der Waals surface area contributed by atoms with Crippen molar-refractivity contribution in [3.8, 4) is 6.07 Å². The van der Waals surface area contributed by atoms with Gasteiger partial charge in [-0.2, -0.15) is 5.26 Å². The zero-order chi connectivity index (χ0) is 14.4. The van der Waals surface area contributed by atoms with Gasteiger partial charge in [0.25, 0.3) is 0 Å². The van der Waals surface area contributed by atoms with Crippen LogP contribution in [0.4, 0.5) is 5.82 Å². The molecule has 5 heteroatoms. The molecule has 1 aromatic carbocycles. The fraction of sp³-hybridized carbons (Fsp3) is 0.333. The van der Waals surface area contributed by atoms with Gasteiger partial charge < -0.3 is 5.43 Å². The van der Waals surface area contributed by atoms with Gasteiger partial charge in [-0.1, -0.05) is 25.1 Å². The maximum atomic E-state index is 8.70. The Balaban J connectivity index is 2.29. The molecule has 0 atom stereocenters. The van der Waals surface area contributed by atoms with Crippen LogP contribution in [0.1, 0.15) is 18.9 Å². The number of hydrogen-bond donors (Lipinski definition) is 2. The van der Waals surface area contributed by atoms with Crippen LogP contribution < -0.4 is 11.3 Å². The lowest BCUT2D eigenvalue weighted by Gasteiger charge is -2.20. The summed E-state index contributed by atoms with van der Waals surface area (Å²) in [5, 5.41) is 9.79. The van der Waals surface area contributed by atoms with Gasteiger partial charge >= 0.3 is 0 Å². The average molecular weight is 269 g/mol. The number of nitrogens with two attached hydrogens (primary N) is 1. The molecule has 0 fully saturated rings. The van der Waals surface area contributed by atoms with Gasteiger partial charge in [-0.25, -0.2) is 10.8 Å². The number of nitriles is 1. The highest BCUT2D eigenvalue weighted by molar-refractivity contribution is 5.81. The van der Waals surface area contributed by atoms with Crippen molar-refractivity contribution in [2.45, 2.75) is 19.9 Å².